The lowest BCUT2D eigenvalue weighted by atomic mass is 10.2. The molecule has 0 heterocycles. The number of hydrogen-bond donors (Lipinski definition) is 0. The van der Waals surface area contributed by atoms with E-state index in [2.05, 4.69) is 82.5 Å². The molecule has 1 aromatic carbocycles. The minimum atomic E-state index is 1.01. The van der Waals surface area contributed by atoms with Gasteiger partial charge in [-0.1, -0.05) is 70.4 Å². The zero-order valence-electron chi connectivity index (χ0n) is 5.37. The van der Waals surface area contributed by atoms with Gasteiger partial charge in [0.05, 0.1) is 0 Å². The Balaban J connectivity index is 3.25. The molecule has 0 atom stereocenters. The average molecular weight is 455 g/mol. The first-order valence-corrected chi connectivity index (χ1v) is 6.75. The molecular weight excluding hydrogens is 451 g/mol. The number of hydrogen-bond acceptors (Lipinski definition) is 0. The highest BCUT2D eigenvalue weighted by Crippen LogP contribution is 2.31. The van der Waals surface area contributed by atoms with Gasteiger partial charge in [-0.3, -0.25) is 0 Å². The van der Waals surface area contributed by atoms with Crippen LogP contribution in [-0.2, 0) is 4.43 Å². The van der Waals surface area contributed by atoms with Gasteiger partial charge in [0.1, 0.15) is 0 Å². The number of benzene rings is 1. The van der Waals surface area contributed by atoms with Gasteiger partial charge in [-0.15, -0.1) is 0 Å². The molecule has 0 nitrogen and oxygen atoms in total. The van der Waals surface area contributed by atoms with Crippen LogP contribution in [-0.4, -0.2) is 0 Å². The van der Waals surface area contributed by atoms with Gasteiger partial charge in [0.2, 0.25) is 0 Å². The molecule has 0 bridgehead atoms. The van der Waals surface area contributed by atoms with E-state index in [1.54, 1.807) is 0 Å². The SMILES string of the molecule is Brc1cc(Br)c(CI)c(Br)c1. The predicted octanol–water partition coefficient (Wildman–Crippen LogP) is 4.91. The van der Waals surface area contributed by atoms with E-state index in [9.17, 15) is 0 Å². The zero-order valence-corrected chi connectivity index (χ0v) is 12.3. The van der Waals surface area contributed by atoms with Crippen molar-refractivity contribution < 1.29 is 0 Å². The summed E-state index contributed by atoms with van der Waals surface area (Å²) < 4.78 is 4.39. The van der Waals surface area contributed by atoms with E-state index in [1.165, 1.54) is 5.56 Å². The highest BCUT2D eigenvalue weighted by Gasteiger charge is 2.04. The summed E-state index contributed by atoms with van der Waals surface area (Å²) in [6, 6.07) is 4.11. The number of halogens is 4. The van der Waals surface area contributed by atoms with E-state index in [0.717, 1.165) is 17.8 Å². The first kappa shape index (κ1) is 10.5. The van der Waals surface area contributed by atoms with Crippen molar-refractivity contribution in [2.45, 2.75) is 4.43 Å². The van der Waals surface area contributed by atoms with Gasteiger partial charge in [-0.2, -0.15) is 0 Å². The fourth-order valence-electron chi connectivity index (χ4n) is 0.700. The maximum absolute atomic E-state index is 3.49. The van der Waals surface area contributed by atoms with Gasteiger partial charge in [-0.05, 0) is 17.7 Å². The van der Waals surface area contributed by atoms with Crippen LogP contribution in [0.15, 0.2) is 25.6 Å². The molecule has 0 radical (unpaired) electrons. The van der Waals surface area contributed by atoms with Crippen LogP contribution >= 0.6 is 70.4 Å². The fourth-order valence-corrected chi connectivity index (χ4v) is 5.11. The van der Waals surface area contributed by atoms with Gasteiger partial charge >= 0.3 is 0 Å². The molecule has 60 valence electrons. The van der Waals surface area contributed by atoms with Crippen molar-refractivity contribution in [1.82, 2.24) is 0 Å². The van der Waals surface area contributed by atoms with Crippen LogP contribution in [0.1, 0.15) is 5.56 Å². The number of rotatable bonds is 1. The Bertz CT molecular complexity index is 249. The highest BCUT2D eigenvalue weighted by atomic mass is 127. The Morgan fingerprint density at radius 1 is 1.09 bits per heavy atom. The third kappa shape index (κ3) is 2.67. The summed E-state index contributed by atoms with van der Waals surface area (Å²) in [5.41, 5.74) is 1.30. The normalized spacial score (nSPS) is 10.2. The predicted molar refractivity (Wildman–Crippen MR) is 67.3 cm³/mol. The van der Waals surface area contributed by atoms with Crippen molar-refractivity contribution in [3.63, 3.8) is 0 Å². The largest absolute Gasteiger partial charge is 0.0811 e. The number of alkyl halides is 1. The minimum Gasteiger partial charge on any atom is -0.0811 e. The second kappa shape index (κ2) is 4.58. The van der Waals surface area contributed by atoms with Crippen LogP contribution in [0.25, 0.3) is 0 Å². The van der Waals surface area contributed by atoms with Crippen molar-refractivity contribution in [3.05, 3.63) is 31.1 Å². The van der Waals surface area contributed by atoms with Crippen LogP contribution in [0, 0.1) is 0 Å². The van der Waals surface area contributed by atoms with E-state index in [4.69, 9.17) is 0 Å². The molecular formula is C7H4Br3I. The quantitative estimate of drug-likeness (QED) is 0.418. The van der Waals surface area contributed by atoms with E-state index in [0.29, 0.717) is 0 Å². The second-order valence-corrected chi connectivity index (χ2v) is 5.37. The minimum absolute atomic E-state index is 1.01. The summed E-state index contributed by atoms with van der Waals surface area (Å²) in [6.07, 6.45) is 0. The smallest absolute Gasteiger partial charge is 0.0269 e. The first-order chi connectivity index (χ1) is 5.15. The molecule has 0 amide bonds. The lowest BCUT2D eigenvalue weighted by Gasteiger charge is -2.03. The van der Waals surface area contributed by atoms with Crippen molar-refractivity contribution in [3.8, 4) is 0 Å². The van der Waals surface area contributed by atoms with Crippen LogP contribution in [0.2, 0.25) is 0 Å². The third-order valence-corrected chi connectivity index (χ3v) is 3.88. The summed E-state index contributed by atoms with van der Waals surface area (Å²) in [7, 11) is 0. The highest BCUT2D eigenvalue weighted by molar-refractivity contribution is 14.1. The van der Waals surface area contributed by atoms with Crippen LogP contribution in [0.3, 0.4) is 0 Å². The Hall–Kier alpha value is 1.39. The van der Waals surface area contributed by atoms with Gasteiger partial charge in [0, 0.05) is 17.8 Å². The maximum atomic E-state index is 3.49. The van der Waals surface area contributed by atoms with Crippen LogP contribution in [0.5, 0.6) is 0 Å². The summed E-state index contributed by atoms with van der Waals surface area (Å²) in [6.45, 7) is 0. The molecule has 1 aromatic rings. The summed E-state index contributed by atoms with van der Waals surface area (Å²) in [4.78, 5) is 0. The topological polar surface area (TPSA) is 0 Å². The lowest BCUT2D eigenvalue weighted by Crippen LogP contribution is -1.82. The van der Waals surface area contributed by atoms with Crippen LogP contribution in [0.4, 0.5) is 0 Å². The van der Waals surface area contributed by atoms with Crippen LogP contribution < -0.4 is 0 Å². The Labute approximate surface area is 105 Å². The molecule has 0 N–H and O–H groups in total. The van der Waals surface area contributed by atoms with Gasteiger partial charge in [0.25, 0.3) is 0 Å². The van der Waals surface area contributed by atoms with Gasteiger partial charge in [-0.25, -0.2) is 0 Å². The monoisotopic (exact) mass is 452 g/mol. The van der Waals surface area contributed by atoms with Gasteiger partial charge < -0.3 is 0 Å². The Kier molecular flexibility index (Phi) is 4.36. The molecule has 4 heteroatoms. The molecule has 0 aliphatic heterocycles. The van der Waals surface area contributed by atoms with Gasteiger partial charge in [0.15, 0.2) is 0 Å². The van der Waals surface area contributed by atoms with E-state index >= 15 is 0 Å². The van der Waals surface area contributed by atoms with Crippen molar-refractivity contribution in [2.24, 2.45) is 0 Å². The van der Waals surface area contributed by atoms with Crippen molar-refractivity contribution in [2.75, 3.05) is 0 Å². The molecule has 0 saturated heterocycles. The van der Waals surface area contributed by atoms with E-state index < -0.39 is 0 Å². The molecule has 0 fully saturated rings. The summed E-state index contributed by atoms with van der Waals surface area (Å²) >= 11 is 12.7. The first-order valence-electron chi connectivity index (χ1n) is 2.84. The fraction of sp³-hybridized carbons (Fsp3) is 0.143. The molecule has 1 rings (SSSR count). The second-order valence-electron chi connectivity index (χ2n) is 1.98. The summed E-state index contributed by atoms with van der Waals surface area (Å²) in [5.74, 6) is 0. The zero-order chi connectivity index (χ0) is 8.43. The Morgan fingerprint density at radius 3 is 1.91 bits per heavy atom. The molecule has 0 aliphatic rings. The maximum Gasteiger partial charge on any atom is 0.0269 e. The van der Waals surface area contributed by atoms with Crippen molar-refractivity contribution in [1.29, 1.82) is 0 Å². The molecule has 0 aromatic heterocycles. The third-order valence-electron chi connectivity index (χ3n) is 1.24. The molecule has 0 spiro atoms. The van der Waals surface area contributed by atoms with Crippen molar-refractivity contribution >= 4 is 70.4 Å². The Morgan fingerprint density at radius 2 is 1.55 bits per heavy atom. The molecule has 0 saturated carbocycles. The molecule has 11 heavy (non-hydrogen) atoms. The van der Waals surface area contributed by atoms with E-state index in [1.807, 2.05) is 0 Å². The molecule has 0 unspecified atom stereocenters. The average Bonchev–Trinajstić information content (AvgIpc) is 1.85. The summed E-state index contributed by atoms with van der Waals surface area (Å²) in [5, 5.41) is 0. The van der Waals surface area contributed by atoms with E-state index in [-0.39, 0.29) is 0 Å². The lowest BCUT2D eigenvalue weighted by molar-refractivity contribution is 1.37. The standard InChI is InChI=1S/C7H4Br3I/c8-4-1-6(9)5(3-11)7(10)2-4/h1-2H,3H2. The molecule has 0 aliphatic carbocycles.